The molecule has 1 N–H and O–H groups in total. The second-order valence-corrected chi connectivity index (χ2v) is 2.99. The molecule has 0 saturated carbocycles. The smallest absolute Gasteiger partial charge is 0.165 e. The van der Waals surface area contributed by atoms with Crippen LogP contribution in [0.4, 0.5) is 0 Å². The Bertz CT molecular complexity index is 275. The fourth-order valence-corrected chi connectivity index (χ4v) is 0.966. The molecule has 2 nitrogen and oxygen atoms in total. The molecular formula is C10H12O2. The van der Waals surface area contributed by atoms with Crippen molar-refractivity contribution in [1.29, 1.82) is 0 Å². The highest BCUT2D eigenvalue weighted by molar-refractivity contribution is 5.85. The second kappa shape index (κ2) is 3.07. The molecule has 1 atom stereocenters. The number of rotatable bonds is 2. The van der Waals surface area contributed by atoms with Crippen molar-refractivity contribution in [3.63, 3.8) is 0 Å². The lowest BCUT2D eigenvalue weighted by atomic mass is 9.92. The van der Waals surface area contributed by atoms with Gasteiger partial charge in [-0.2, -0.15) is 0 Å². The minimum Gasteiger partial charge on any atom is -0.378 e. The number of carbonyl (C=O) groups is 1. The standard InChI is InChI=1S/C10H12O2/c1-8(11)10(2,12)9-6-4-3-5-7-9/h3-7,12H,1-2H3/t10-/m1/s1. The summed E-state index contributed by atoms with van der Waals surface area (Å²) in [5.74, 6) is -0.242. The van der Waals surface area contributed by atoms with Gasteiger partial charge in [0.25, 0.3) is 0 Å². The molecule has 0 aliphatic rings. The molecule has 1 aromatic rings. The fourth-order valence-electron chi connectivity index (χ4n) is 0.966. The lowest BCUT2D eigenvalue weighted by Crippen LogP contribution is -2.29. The van der Waals surface area contributed by atoms with Crippen molar-refractivity contribution >= 4 is 5.78 Å². The third kappa shape index (κ3) is 1.53. The van der Waals surface area contributed by atoms with Gasteiger partial charge < -0.3 is 5.11 Å². The largest absolute Gasteiger partial charge is 0.378 e. The van der Waals surface area contributed by atoms with Crippen molar-refractivity contribution < 1.29 is 9.90 Å². The van der Waals surface area contributed by atoms with Gasteiger partial charge in [-0.3, -0.25) is 4.79 Å². The Morgan fingerprint density at radius 2 is 1.83 bits per heavy atom. The van der Waals surface area contributed by atoms with Crippen LogP contribution in [0.15, 0.2) is 30.3 Å². The van der Waals surface area contributed by atoms with Gasteiger partial charge in [0.2, 0.25) is 0 Å². The molecule has 0 fully saturated rings. The molecule has 0 saturated heterocycles. The van der Waals surface area contributed by atoms with E-state index in [9.17, 15) is 9.90 Å². The third-order valence-corrected chi connectivity index (χ3v) is 2.02. The third-order valence-electron chi connectivity index (χ3n) is 2.02. The number of hydrogen-bond donors (Lipinski definition) is 1. The summed E-state index contributed by atoms with van der Waals surface area (Å²) in [6, 6.07) is 8.92. The van der Waals surface area contributed by atoms with Crippen LogP contribution in [0, 0.1) is 0 Å². The first-order valence-corrected chi connectivity index (χ1v) is 3.84. The maximum absolute atomic E-state index is 11.0. The van der Waals surface area contributed by atoms with E-state index < -0.39 is 5.60 Å². The Kier molecular flexibility index (Phi) is 2.29. The molecule has 2 heteroatoms. The zero-order chi connectivity index (χ0) is 9.19. The molecule has 0 radical (unpaired) electrons. The van der Waals surface area contributed by atoms with E-state index in [1.807, 2.05) is 6.07 Å². The van der Waals surface area contributed by atoms with Crippen molar-refractivity contribution in [2.45, 2.75) is 19.4 Å². The van der Waals surface area contributed by atoms with E-state index >= 15 is 0 Å². The molecule has 0 aromatic heterocycles. The molecule has 0 heterocycles. The quantitative estimate of drug-likeness (QED) is 0.719. The highest BCUT2D eigenvalue weighted by Crippen LogP contribution is 2.20. The second-order valence-electron chi connectivity index (χ2n) is 2.99. The van der Waals surface area contributed by atoms with E-state index in [2.05, 4.69) is 0 Å². The molecule has 0 bridgehead atoms. The van der Waals surface area contributed by atoms with E-state index in [1.54, 1.807) is 24.3 Å². The minimum atomic E-state index is -1.35. The Hall–Kier alpha value is -1.15. The number of ketones is 1. The van der Waals surface area contributed by atoms with E-state index in [0.717, 1.165) is 0 Å². The van der Waals surface area contributed by atoms with Crippen molar-refractivity contribution in [2.24, 2.45) is 0 Å². The van der Waals surface area contributed by atoms with E-state index in [1.165, 1.54) is 13.8 Å². The molecule has 12 heavy (non-hydrogen) atoms. The molecule has 0 amide bonds. The number of Topliss-reactive ketones (excluding diaryl/α,β-unsaturated/α-hetero) is 1. The maximum atomic E-state index is 11.0. The van der Waals surface area contributed by atoms with Gasteiger partial charge in [-0.25, -0.2) is 0 Å². The van der Waals surface area contributed by atoms with E-state index in [-0.39, 0.29) is 5.78 Å². The molecule has 0 spiro atoms. The van der Waals surface area contributed by atoms with Gasteiger partial charge in [0.1, 0.15) is 5.60 Å². The van der Waals surface area contributed by atoms with Gasteiger partial charge in [0.05, 0.1) is 0 Å². The molecule has 0 aliphatic carbocycles. The Balaban J connectivity index is 3.06. The maximum Gasteiger partial charge on any atom is 0.165 e. The highest BCUT2D eigenvalue weighted by Gasteiger charge is 2.27. The van der Waals surface area contributed by atoms with Gasteiger partial charge >= 0.3 is 0 Å². The van der Waals surface area contributed by atoms with Gasteiger partial charge in [0, 0.05) is 0 Å². The topological polar surface area (TPSA) is 37.3 Å². The number of carbonyl (C=O) groups excluding carboxylic acids is 1. The van der Waals surface area contributed by atoms with Crippen LogP contribution in [0.1, 0.15) is 19.4 Å². The predicted molar refractivity (Wildman–Crippen MR) is 46.7 cm³/mol. The molecular weight excluding hydrogens is 152 g/mol. The van der Waals surface area contributed by atoms with Crippen LogP contribution >= 0.6 is 0 Å². The van der Waals surface area contributed by atoms with Crippen molar-refractivity contribution in [3.05, 3.63) is 35.9 Å². The van der Waals surface area contributed by atoms with Gasteiger partial charge in [0.15, 0.2) is 5.78 Å². The van der Waals surface area contributed by atoms with Crippen LogP contribution in [0.2, 0.25) is 0 Å². The minimum absolute atomic E-state index is 0.242. The zero-order valence-corrected chi connectivity index (χ0v) is 7.24. The summed E-state index contributed by atoms with van der Waals surface area (Å²) in [4.78, 5) is 11.0. The summed E-state index contributed by atoms with van der Waals surface area (Å²) in [7, 11) is 0. The lowest BCUT2D eigenvalue weighted by molar-refractivity contribution is -0.134. The molecule has 1 aromatic carbocycles. The molecule has 0 unspecified atom stereocenters. The summed E-state index contributed by atoms with van der Waals surface area (Å²) >= 11 is 0. The Morgan fingerprint density at radius 3 is 2.25 bits per heavy atom. The normalized spacial score (nSPS) is 15.2. The lowest BCUT2D eigenvalue weighted by Gasteiger charge is -2.19. The van der Waals surface area contributed by atoms with Crippen molar-refractivity contribution in [2.75, 3.05) is 0 Å². The first-order chi connectivity index (χ1) is 5.55. The van der Waals surface area contributed by atoms with Crippen LogP contribution < -0.4 is 0 Å². The van der Waals surface area contributed by atoms with E-state index in [4.69, 9.17) is 0 Å². The Labute approximate surface area is 71.8 Å². The average molecular weight is 164 g/mol. The Morgan fingerprint density at radius 1 is 1.33 bits per heavy atom. The summed E-state index contributed by atoms with van der Waals surface area (Å²) < 4.78 is 0. The van der Waals surface area contributed by atoms with Crippen molar-refractivity contribution in [1.82, 2.24) is 0 Å². The highest BCUT2D eigenvalue weighted by atomic mass is 16.3. The summed E-state index contributed by atoms with van der Waals surface area (Å²) in [6.07, 6.45) is 0. The number of hydrogen-bond acceptors (Lipinski definition) is 2. The SMILES string of the molecule is CC(=O)[C@@](C)(O)c1ccccc1. The van der Waals surface area contributed by atoms with Gasteiger partial charge in [-0.05, 0) is 19.4 Å². The zero-order valence-electron chi connectivity index (χ0n) is 7.24. The van der Waals surface area contributed by atoms with Crippen LogP contribution in [0.25, 0.3) is 0 Å². The number of aliphatic hydroxyl groups is 1. The first kappa shape index (κ1) is 8.94. The molecule has 1 rings (SSSR count). The van der Waals surface area contributed by atoms with Crippen LogP contribution in [-0.2, 0) is 10.4 Å². The van der Waals surface area contributed by atoms with E-state index in [0.29, 0.717) is 5.56 Å². The van der Waals surface area contributed by atoms with Gasteiger partial charge in [-0.1, -0.05) is 30.3 Å². The fraction of sp³-hybridized carbons (Fsp3) is 0.300. The number of benzene rings is 1. The average Bonchev–Trinajstić information content (AvgIpc) is 2.06. The van der Waals surface area contributed by atoms with Crippen molar-refractivity contribution in [3.8, 4) is 0 Å². The summed E-state index contributed by atoms with van der Waals surface area (Å²) in [5, 5.41) is 9.71. The summed E-state index contributed by atoms with van der Waals surface area (Å²) in [6.45, 7) is 2.89. The predicted octanol–water partition coefficient (Wildman–Crippen LogP) is 1.48. The van der Waals surface area contributed by atoms with Crippen LogP contribution in [0.3, 0.4) is 0 Å². The first-order valence-electron chi connectivity index (χ1n) is 3.84. The van der Waals surface area contributed by atoms with Crippen LogP contribution in [0.5, 0.6) is 0 Å². The molecule has 0 aliphatic heterocycles. The van der Waals surface area contributed by atoms with Crippen LogP contribution in [-0.4, -0.2) is 10.9 Å². The monoisotopic (exact) mass is 164 g/mol. The van der Waals surface area contributed by atoms with Gasteiger partial charge in [-0.15, -0.1) is 0 Å². The molecule has 64 valence electrons. The summed E-state index contributed by atoms with van der Waals surface area (Å²) in [5.41, 5.74) is -0.709.